The van der Waals surface area contributed by atoms with Gasteiger partial charge in [0.05, 0.1) is 0 Å². The lowest BCUT2D eigenvalue weighted by Crippen LogP contribution is -2.52. The molecule has 19 heavy (non-hydrogen) atoms. The van der Waals surface area contributed by atoms with Gasteiger partial charge in [-0.1, -0.05) is 0 Å². The van der Waals surface area contributed by atoms with Crippen molar-refractivity contribution in [2.45, 2.75) is 65.3 Å². The van der Waals surface area contributed by atoms with Crippen molar-refractivity contribution in [3.63, 3.8) is 0 Å². The fourth-order valence-electron chi connectivity index (χ4n) is 1.91. The number of hydrogen-bond donors (Lipinski definition) is 2. The van der Waals surface area contributed by atoms with Crippen LogP contribution in [0.1, 0.15) is 47.5 Å². The molecule has 6 heteroatoms. The number of carbonyl (C=O) groups is 2. The molecule has 1 saturated heterocycles. The summed E-state index contributed by atoms with van der Waals surface area (Å²) in [7, 11) is 0. The Morgan fingerprint density at radius 2 is 1.95 bits per heavy atom. The van der Waals surface area contributed by atoms with Crippen LogP contribution in [0.5, 0.6) is 0 Å². The summed E-state index contributed by atoms with van der Waals surface area (Å²) in [5, 5.41) is 5.55. The number of likely N-dealkylation sites (tertiary alicyclic amines) is 1. The van der Waals surface area contributed by atoms with Crippen LogP contribution in [0, 0.1) is 0 Å². The fraction of sp³-hybridized carbons (Fsp3) is 0.846. The molecule has 1 atom stereocenters. The first kappa shape index (κ1) is 15.6. The lowest BCUT2D eigenvalue weighted by Gasteiger charge is -2.29. The molecule has 0 aliphatic carbocycles. The second-order valence-corrected chi connectivity index (χ2v) is 6.10. The van der Waals surface area contributed by atoms with Crippen molar-refractivity contribution < 1.29 is 14.3 Å². The average Bonchev–Trinajstić information content (AvgIpc) is 2.61. The van der Waals surface area contributed by atoms with Crippen LogP contribution in [0.2, 0.25) is 0 Å². The third-order valence-corrected chi connectivity index (χ3v) is 2.60. The highest BCUT2D eigenvalue weighted by atomic mass is 16.6. The maximum atomic E-state index is 12.0. The summed E-state index contributed by atoms with van der Waals surface area (Å²) in [6, 6.07) is -0.188. The Morgan fingerprint density at radius 3 is 2.47 bits per heavy atom. The highest BCUT2D eigenvalue weighted by Gasteiger charge is 2.33. The maximum Gasteiger partial charge on any atom is 0.411 e. The average molecular weight is 271 g/mol. The fourth-order valence-corrected chi connectivity index (χ4v) is 1.91. The van der Waals surface area contributed by atoms with Gasteiger partial charge >= 0.3 is 12.1 Å². The molecule has 6 nitrogen and oxygen atoms in total. The summed E-state index contributed by atoms with van der Waals surface area (Å²) in [4.78, 5) is 25.2. The van der Waals surface area contributed by atoms with E-state index in [-0.39, 0.29) is 24.3 Å². The minimum absolute atomic E-state index is 0.0661. The van der Waals surface area contributed by atoms with Gasteiger partial charge in [0.25, 0.3) is 0 Å². The van der Waals surface area contributed by atoms with Crippen LogP contribution in [0.4, 0.5) is 9.59 Å². The Hall–Kier alpha value is -1.46. The molecule has 2 N–H and O–H groups in total. The molecule has 1 heterocycles. The van der Waals surface area contributed by atoms with Gasteiger partial charge < -0.3 is 15.4 Å². The number of amides is 3. The third kappa shape index (κ3) is 5.36. The minimum atomic E-state index is -0.523. The summed E-state index contributed by atoms with van der Waals surface area (Å²) in [6.07, 6.45) is 0.963. The van der Waals surface area contributed by atoms with Gasteiger partial charge in [0.2, 0.25) is 0 Å². The smallest absolute Gasteiger partial charge is 0.411 e. The van der Waals surface area contributed by atoms with E-state index >= 15 is 0 Å². The number of ether oxygens (including phenoxy) is 1. The molecular weight excluding hydrogens is 246 g/mol. The van der Waals surface area contributed by atoms with Crippen LogP contribution in [-0.4, -0.2) is 41.4 Å². The van der Waals surface area contributed by atoms with Crippen LogP contribution in [0.3, 0.4) is 0 Å². The number of urea groups is 1. The molecule has 0 spiro atoms. The molecule has 1 fully saturated rings. The molecule has 0 saturated carbocycles. The van der Waals surface area contributed by atoms with E-state index in [0.717, 1.165) is 12.8 Å². The zero-order valence-corrected chi connectivity index (χ0v) is 12.4. The van der Waals surface area contributed by atoms with Crippen molar-refractivity contribution in [2.75, 3.05) is 6.54 Å². The largest absolute Gasteiger partial charge is 0.444 e. The molecule has 0 radical (unpaired) electrons. The number of rotatable bonds is 2. The molecule has 0 aromatic carbocycles. The number of carbonyl (C=O) groups excluding carboxylic acids is 2. The SMILES string of the molecule is CC(C)NC(=O)NC1CCCN1C(=O)OC(C)(C)C. The third-order valence-electron chi connectivity index (χ3n) is 2.60. The van der Waals surface area contributed by atoms with Crippen molar-refractivity contribution in [2.24, 2.45) is 0 Å². The van der Waals surface area contributed by atoms with Gasteiger partial charge in [-0.05, 0) is 47.5 Å². The van der Waals surface area contributed by atoms with Crippen LogP contribution < -0.4 is 10.6 Å². The van der Waals surface area contributed by atoms with E-state index in [1.165, 1.54) is 0 Å². The van der Waals surface area contributed by atoms with Gasteiger partial charge in [-0.15, -0.1) is 0 Å². The Kier molecular flexibility index (Phi) is 5.03. The van der Waals surface area contributed by atoms with Crippen molar-refractivity contribution in [1.29, 1.82) is 0 Å². The number of nitrogens with one attached hydrogen (secondary N) is 2. The van der Waals surface area contributed by atoms with Crippen molar-refractivity contribution in [3.8, 4) is 0 Å². The monoisotopic (exact) mass is 271 g/mol. The molecule has 0 bridgehead atoms. The molecular formula is C13H25N3O3. The second-order valence-electron chi connectivity index (χ2n) is 6.10. The molecule has 110 valence electrons. The molecule has 1 unspecified atom stereocenters. The summed E-state index contributed by atoms with van der Waals surface area (Å²) in [5.74, 6) is 0. The molecule has 3 amide bonds. The lowest BCUT2D eigenvalue weighted by atomic mass is 10.2. The van der Waals surface area contributed by atoms with E-state index in [9.17, 15) is 9.59 Å². The van der Waals surface area contributed by atoms with E-state index < -0.39 is 5.60 Å². The summed E-state index contributed by atoms with van der Waals surface area (Å²) >= 11 is 0. The minimum Gasteiger partial charge on any atom is -0.444 e. The summed E-state index contributed by atoms with van der Waals surface area (Å²) in [6.45, 7) is 9.87. The van der Waals surface area contributed by atoms with Crippen LogP contribution in [-0.2, 0) is 4.74 Å². The Balaban J connectivity index is 2.54. The molecule has 1 rings (SSSR count). The predicted octanol–water partition coefficient (Wildman–Crippen LogP) is 2.05. The quantitative estimate of drug-likeness (QED) is 0.807. The Bertz CT molecular complexity index is 337. The highest BCUT2D eigenvalue weighted by molar-refractivity contribution is 5.76. The standard InChI is InChI=1S/C13H25N3O3/c1-9(2)14-11(17)15-10-7-6-8-16(10)12(18)19-13(3,4)5/h9-10H,6-8H2,1-5H3,(H2,14,15,17). The number of hydrogen-bond acceptors (Lipinski definition) is 3. The van der Waals surface area contributed by atoms with Gasteiger partial charge in [-0.2, -0.15) is 0 Å². The van der Waals surface area contributed by atoms with Crippen molar-refractivity contribution in [3.05, 3.63) is 0 Å². The van der Waals surface area contributed by atoms with Crippen molar-refractivity contribution >= 4 is 12.1 Å². The molecule has 1 aliphatic heterocycles. The molecule has 0 aromatic heterocycles. The van der Waals surface area contributed by atoms with Crippen LogP contribution >= 0.6 is 0 Å². The predicted molar refractivity (Wildman–Crippen MR) is 72.8 cm³/mol. The summed E-state index contributed by atoms with van der Waals surface area (Å²) < 4.78 is 5.33. The summed E-state index contributed by atoms with van der Waals surface area (Å²) in [5.41, 5.74) is -0.523. The van der Waals surface area contributed by atoms with Gasteiger partial charge in [-0.3, -0.25) is 4.90 Å². The van der Waals surface area contributed by atoms with E-state index in [1.807, 2.05) is 34.6 Å². The zero-order valence-electron chi connectivity index (χ0n) is 12.4. The Morgan fingerprint density at radius 1 is 1.32 bits per heavy atom. The first-order valence-corrected chi connectivity index (χ1v) is 6.75. The number of nitrogens with zero attached hydrogens (tertiary/aromatic N) is 1. The second kappa shape index (κ2) is 6.12. The van der Waals surface area contributed by atoms with E-state index in [2.05, 4.69) is 10.6 Å². The van der Waals surface area contributed by atoms with Gasteiger partial charge in [0.1, 0.15) is 11.8 Å². The van der Waals surface area contributed by atoms with E-state index in [1.54, 1.807) is 4.90 Å². The van der Waals surface area contributed by atoms with E-state index in [0.29, 0.717) is 6.54 Å². The first-order valence-electron chi connectivity index (χ1n) is 6.75. The van der Waals surface area contributed by atoms with Crippen molar-refractivity contribution in [1.82, 2.24) is 15.5 Å². The highest BCUT2D eigenvalue weighted by Crippen LogP contribution is 2.19. The topological polar surface area (TPSA) is 70.7 Å². The van der Waals surface area contributed by atoms with Gasteiger partial charge in [-0.25, -0.2) is 9.59 Å². The van der Waals surface area contributed by atoms with Crippen LogP contribution in [0.15, 0.2) is 0 Å². The molecule has 0 aromatic rings. The lowest BCUT2D eigenvalue weighted by molar-refractivity contribution is 0.0210. The first-order chi connectivity index (χ1) is 8.69. The van der Waals surface area contributed by atoms with Gasteiger partial charge in [0.15, 0.2) is 0 Å². The van der Waals surface area contributed by atoms with E-state index in [4.69, 9.17) is 4.74 Å². The zero-order chi connectivity index (χ0) is 14.6. The Labute approximate surface area is 114 Å². The maximum absolute atomic E-state index is 12.0. The van der Waals surface area contributed by atoms with Crippen LogP contribution in [0.25, 0.3) is 0 Å². The van der Waals surface area contributed by atoms with Gasteiger partial charge in [0, 0.05) is 12.6 Å². The normalized spacial score (nSPS) is 19.5. The molecule has 1 aliphatic rings.